The lowest BCUT2D eigenvalue weighted by Crippen LogP contribution is -2.58. The molecule has 8 nitrogen and oxygen atoms in total. The van der Waals surface area contributed by atoms with Crippen molar-refractivity contribution >= 4 is 17.8 Å². The molecular formula is C31H48N2O6. The van der Waals surface area contributed by atoms with Crippen molar-refractivity contribution < 1.29 is 29.0 Å². The second-order valence-corrected chi connectivity index (χ2v) is 12.1. The van der Waals surface area contributed by atoms with Crippen LogP contribution in [0.4, 0.5) is 0 Å². The lowest BCUT2D eigenvalue weighted by Gasteiger charge is -2.40. The Bertz CT molecular complexity index is 917. The van der Waals surface area contributed by atoms with Crippen LogP contribution >= 0.6 is 0 Å². The van der Waals surface area contributed by atoms with Crippen molar-refractivity contribution in [2.45, 2.75) is 114 Å². The maximum absolute atomic E-state index is 14.5. The van der Waals surface area contributed by atoms with Gasteiger partial charge in [-0.2, -0.15) is 0 Å². The minimum atomic E-state index is -1.02. The van der Waals surface area contributed by atoms with Crippen LogP contribution in [0.2, 0.25) is 0 Å². The predicted octanol–water partition coefficient (Wildman–Crippen LogP) is 4.16. The van der Waals surface area contributed by atoms with Crippen LogP contribution in [0.3, 0.4) is 0 Å². The molecule has 218 valence electrons. The fourth-order valence-electron chi connectivity index (χ4n) is 7.65. The number of ether oxygens (including phenoxy) is 2. The molecule has 3 heterocycles. The SMILES string of the molecule is C=CCCCOC(=O)[C@H]1[C@H]2C(=O)N(CCCCCCO)C(C(=O)N(CC=C)C3CCCCC3)C23CC[C@]1(C)O3. The van der Waals surface area contributed by atoms with E-state index in [-0.39, 0.29) is 31.1 Å². The summed E-state index contributed by atoms with van der Waals surface area (Å²) >= 11 is 0. The van der Waals surface area contributed by atoms with Gasteiger partial charge >= 0.3 is 5.97 Å². The molecule has 2 unspecified atom stereocenters. The molecule has 4 rings (SSSR count). The van der Waals surface area contributed by atoms with Crippen LogP contribution in [0.5, 0.6) is 0 Å². The van der Waals surface area contributed by atoms with Gasteiger partial charge in [0.1, 0.15) is 17.6 Å². The van der Waals surface area contributed by atoms with Crippen molar-refractivity contribution in [3.63, 3.8) is 0 Å². The lowest BCUT2D eigenvalue weighted by atomic mass is 9.66. The normalized spacial score (nSPS) is 31.8. The largest absolute Gasteiger partial charge is 0.465 e. The molecule has 2 bridgehead atoms. The summed E-state index contributed by atoms with van der Waals surface area (Å²) in [4.78, 5) is 45.8. The van der Waals surface area contributed by atoms with Crippen LogP contribution in [0.15, 0.2) is 25.3 Å². The molecule has 4 aliphatic rings. The molecule has 0 aromatic carbocycles. The Labute approximate surface area is 233 Å². The minimum absolute atomic E-state index is 0.0720. The Morgan fingerprint density at radius 2 is 1.85 bits per heavy atom. The second kappa shape index (κ2) is 13.0. The average Bonchev–Trinajstić information content (AvgIpc) is 3.50. The molecule has 1 spiro atoms. The standard InChI is InChI=1S/C31H48N2O6/c1-4-6-14-22-38-29(37)25-24-27(35)33(20-12-7-8-13-21-34)26(31(24)18-17-30(25,3)39-31)28(36)32(19-5-2)23-15-10-9-11-16-23/h4-5,23-26,34H,1-2,6-22H2,3H3/t24-,25+,26?,30-,31?/m0/s1. The maximum Gasteiger partial charge on any atom is 0.312 e. The highest BCUT2D eigenvalue weighted by atomic mass is 16.6. The van der Waals surface area contributed by atoms with Gasteiger partial charge in [-0.05, 0) is 58.3 Å². The quantitative estimate of drug-likeness (QED) is 0.189. The first-order valence-corrected chi connectivity index (χ1v) is 15.1. The summed E-state index contributed by atoms with van der Waals surface area (Å²) in [6.07, 6.45) is 14.6. The topological polar surface area (TPSA) is 96.4 Å². The second-order valence-electron chi connectivity index (χ2n) is 12.1. The highest BCUT2D eigenvalue weighted by Gasteiger charge is 2.78. The molecule has 4 fully saturated rings. The zero-order valence-electron chi connectivity index (χ0n) is 23.8. The number of nitrogens with zero attached hydrogens (tertiary/aromatic N) is 2. The summed E-state index contributed by atoms with van der Waals surface area (Å²) in [5.74, 6) is -2.06. The molecule has 8 heteroatoms. The summed E-state index contributed by atoms with van der Waals surface area (Å²) in [5, 5.41) is 9.16. The van der Waals surface area contributed by atoms with Gasteiger partial charge in [-0.25, -0.2) is 0 Å². The van der Waals surface area contributed by atoms with Gasteiger partial charge in [0.2, 0.25) is 11.8 Å². The summed E-state index contributed by atoms with van der Waals surface area (Å²) in [6.45, 7) is 10.8. The van der Waals surface area contributed by atoms with E-state index in [0.29, 0.717) is 32.4 Å². The Balaban J connectivity index is 1.64. The van der Waals surface area contributed by atoms with E-state index >= 15 is 0 Å². The molecule has 0 radical (unpaired) electrons. The van der Waals surface area contributed by atoms with Crippen LogP contribution < -0.4 is 0 Å². The molecule has 3 saturated heterocycles. The van der Waals surface area contributed by atoms with Gasteiger partial charge in [-0.3, -0.25) is 14.4 Å². The molecule has 0 aromatic heterocycles. The first kappa shape index (κ1) is 29.8. The average molecular weight is 545 g/mol. The van der Waals surface area contributed by atoms with E-state index < -0.39 is 35.0 Å². The van der Waals surface area contributed by atoms with E-state index in [1.54, 1.807) is 17.1 Å². The Morgan fingerprint density at radius 3 is 2.54 bits per heavy atom. The van der Waals surface area contributed by atoms with Crippen molar-refractivity contribution in [2.24, 2.45) is 11.8 Å². The first-order chi connectivity index (χ1) is 18.8. The Morgan fingerprint density at radius 1 is 1.10 bits per heavy atom. The minimum Gasteiger partial charge on any atom is -0.465 e. The number of likely N-dealkylation sites (tertiary alicyclic amines) is 1. The third-order valence-corrected chi connectivity index (χ3v) is 9.49. The number of carbonyl (C=O) groups is 3. The van der Waals surface area contributed by atoms with E-state index in [0.717, 1.165) is 57.8 Å². The van der Waals surface area contributed by atoms with Crippen LogP contribution in [-0.4, -0.2) is 82.3 Å². The number of hydrogen-bond acceptors (Lipinski definition) is 6. The number of allylic oxidation sites excluding steroid dienone is 1. The fraction of sp³-hybridized carbons (Fsp3) is 0.774. The smallest absolute Gasteiger partial charge is 0.312 e. The predicted molar refractivity (Wildman–Crippen MR) is 149 cm³/mol. The van der Waals surface area contributed by atoms with Crippen LogP contribution in [-0.2, 0) is 23.9 Å². The van der Waals surface area contributed by atoms with E-state index in [1.807, 2.05) is 11.8 Å². The summed E-state index contributed by atoms with van der Waals surface area (Å²) in [5.41, 5.74) is -1.84. The number of amides is 2. The molecular weight excluding hydrogens is 496 g/mol. The number of hydrogen-bond donors (Lipinski definition) is 1. The third kappa shape index (κ3) is 5.69. The van der Waals surface area contributed by atoms with Gasteiger partial charge in [0.15, 0.2) is 0 Å². The molecule has 3 aliphatic heterocycles. The fourth-order valence-corrected chi connectivity index (χ4v) is 7.65. The number of fused-ring (bicyclic) bond motifs is 1. The van der Waals surface area contributed by atoms with Gasteiger partial charge < -0.3 is 24.4 Å². The molecule has 39 heavy (non-hydrogen) atoms. The van der Waals surface area contributed by atoms with Crippen LogP contribution in [0.25, 0.3) is 0 Å². The molecule has 1 saturated carbocycles. The van der Waals surface area contributed by atoms with E-state index in [9.17, 15) is 14.4 Å². The van der Waals surface area contributed by atoms with Crippen molar-refractivity contribution in [2.75, 3.05) is 26.3 Å². The monoisotopic (exact) mass is 544 g/mol. The Hall–Kier alpha value is -2.19. The van der Waals surface area contributed by atoms with E-state index in [4.69, 9.17) is 14.6 Å². The van der Waals surface area contributed by atoms with Crippen molar-refractivity contribution in [1.29, 1.82) is 0 Å². The van der Waals surface area contributed by atoms with Gasteiger partial charge in [-0.1, -0.05) is 44.3 Å². The van der Waals surface area contributed by atoms with Crippen molar-refractivity contribution in [3.8, 4) is 0 Å². The summed E-state index contributed by atoms with van der Waals surface area (Å²) < 4.78 is 12.4. The van der Waals surface area contributed by atoms with Gasteiger partial charge in [-0.15, -0.1) is 13.2 Å². The van der Waals surface area contributed by atoms with Crippen LogP contribution in [0, 0.1) is 11.8 Å². The van der Waals surface area contributed by atoms with Crippen molar-refractivity contribution in [3.05, 3.63) is 25.3 Å². The number of aliphatic hydroxyl groups excluding tert-OH is 1. The number of carbonyl (C=O) groups excluding carboxylic acids is 3. The van der Waals surface area contributed by atoms with Gasteiger partial charge in [0.05, 0.1) is 18.1 Å². The number of rotatable bonds is 15. The Kier molecular flexibility index (Phi) is 9.92. The molecule has 1 N–H and O–H groups in total. The lowest BCUT2D eigenvalue weighted by molar-refractivity contribution is -0.160. The number of aliphatic hydroxyl groups is 1. The highest BCUT2D eigenvalue weighted by Crippen LogP contribution is 2.63. The molecule has 1 aliphatic carbocycles. The zero-order chi connectivity index (χ0) is 28.0. The third-order valence-electron chi connectivity index (χ3n) is 9.49. The van der Waals surface area contributed by atoms with E-state index in [1.165, 1.54) is 6.42 Å². The number of esters is 1. The molecule has 2 amide bonds. The summed E-state index contributed by atoms with van der Waals surface area (Å²) in [7, 11) is 0. The highest BCUT2D eigenvalue weighted by molar-refractivity contribution is 5.98. The molecule has 0 aromatic rings. The van der Waals surface area contributed by atoms with Gasteiger partial charge in [0, 0.05) is 25.7 Å². The van der Waals surface area contributed by atoms with E-state index in [2.05, 4.69) is 13.2 Å². The molecule has 5 atom stereocenters. The van der Waals surface area contributed by atoms with Gasteiger partial charge in [0.25, 0.3) is 0 Å². The summed E-state index contributed by atoms with van der Waals surface area (Å²) in [6, 6.07) is -0.629. The van der Waals surface area contributed by atoms with Crippen molar-refractivity contribution in [1.82, 2.24) is 9.80 Å². The maximum atomic E-state index is 14.5. The van der Waals surface area contributed by atoms with Crippen LogP contribution in [0.1, 0.15) is 90.4 Å². The zero-order valence-corrected chi connectivity index (χ0v) is 23.8. The first-order valence-electron chi connectivity index (χ1n) is 15.1. The number of unbranched alkanes of at least 4 members (excludes halogenated alkanes) is 4.